The van der Waals surface area contributed by atoms with Crippen LogP contribution in [0.1, 0.15) is 0 Å². The number of nitrogen functional groups attached to an aromatic ring is 1. The van der Waals surface area contributed by atoms with Crippen LogP contribution in [0.3, 0.4) is 0 Å². The van der Waals surface area contributed by atoms with Gasteiger partial charge in [-0.15, -0.1) is 0 Å². The Morgan fingerprint density at radius 3 is 2.47 bits per heavy atom. The molecule has 2 N–H and O–H groups in total. The van der Waals surface area contributed by atoms with E-state index in [4.69, 9.17) is 5.73 Å². The van der Waals surface area contributed by atoms with Gasteiger partial charge in [0.05, 0.1) is 11.2 Å². The maximum Gasteiger partial charge on any atom is 0.0795 e. The summed E-state index contributed by atoms with van der Waals surface area (Å²) in [5, 5.41) is 1.06. The van der Waals surface area contributed by atoms with Gasteiger partial charge < -0.3 is 5.73 Å². The minimum absolute atomic E-state index is 0.757. The van der Waals surface area contributed by atoms with Crippen molar-refractivity contribution in [2.75, 3.05) is 5.73 Å². The van der Waals surface area contributed by atoms with Gasteiger partial charge in [0.1, 0.15) is 0 Å². The van der Waals surface area contributed by atoms with Gasteiger partial charge >= 0.3 is 0 Å². The van der Waals surface area contributed by atoms with Crippen molar-refractivity contribution in [2.24, 2.45) is 0 Å². The molecule has 0 saturated carbocycles. The van der Waals surface area contributed by atoms with E-state index in [0.717, 1.165) is 27.8 Å². The monoisotopic (exact) mass is 221 g/mol. The van der Waals surface area contributed by atoms with Gasteiger partial charge in [0.15, 0.2) is 0 Å². The number of hydrogen-bond acceptors (Lipinski definition) is 3. The number of pyridine rings is 2. The van der Waals surface area contributed by atoms with Gasteiger partial charge in [0.25, 0.3) is 0 Å². The Morgan fingerprint density at radius 2 is 1.65 bits per heavy atom. The van der Waals surface area contributed by atoms with Crippen molar-refractivity contribution in [3.8, 4) is 11.3 Å². The first kappa shape index (κ1) is 9.78. The average molecular weight is 221 g/mol. The molecule has 17 heavy (non-hydrogen) atoms. The summed E-state index contributed by atoms with van der Waals surface area (Å²) >= 11 is 0. The van der Waals surface area contributed by atoms with Crippen molar-refractivity contribution in [3.63, 3.8) is 0 Å². The van der Waals surface area contributed by atoms with Crippen LogP contribution in [0.4, 0.5) is 5.69 Å². The van der Waals surface area contributed by atoms with Gasteiger partial charge in [-0.25, -0.2) is 0 Å². The first-order valence-corrected chi connectivity index (χ1v) is 5.40. The summed E-state index contributed by atoms with van der Waals surface area (Å²) < 4.78 is 0. The Labute approximate surface area is 98.9 Å². The SMILES string of the molecule is Nc1ccc(-c2nccc3ncccc23)cc1. The van der Waals surface area contributed by atoms with E-state index in [0.29, 0.717) is 0 Å². The van der Waals surface area contributed by atoms with Crippen LogP contribution in [-0.4, -0.2) is 9.97 Å². The molecule has 3 rings (SSSR count). The van der Waals surface area contributed by atoms with Crippen molar-refractivity contribution in [1.29, 1.82) is 0 Å². The molecule has 0 radical (unpaired) electrons. The summed E-state index contributed by atoms with van der Waals surface area (Å²) in [5.74, 6) is 0. The van der Waals surface area contributed by atoms with Gasteiger partial charge in [-0.05, 0) is 30.3 Å². The minimum Gasteiger partial charge on any atom is -0.399 e. The van der Waals surface area contributed by atoms with E-state index in [9.17, 15) is 0 Å². The van der Waals surface area contributed by atoms with E-state index >= 15 is 0 Å². The molecule has 3 nitrogen and oxygen atoms in total. The van der Waals surface area contributed by atoms with E-state index in [2.05, 4.69) is 9.97 Å². The zero-order valence-electron chi connectivity index (χ0n) is 9.17. The van der Waals surface area contributed by atoms with Crippen LogP contribution in [0.25, 0.3) is 22.2 Å². The molecular weight excluding hydrogens is 210 g/mol. The highest BCUT2D eigenvalue weighted by Gasteiger charge is 2.04. The second kappa shape index (κ2) is 3.87. The van der Waals surface area contributed by atoms with Crippen molar-refractivity contribution in [2.45, 2.75) is 0 Å². The highest BCUT2D eigenvalue weighted by atomic mass is 14.7. The second-order valence-corrected chi connectivity index (χ2v) is 3.85. The summed E-state index contributed by atoms with van der Waals surface area (Å²) in [4.78, 5) is 8.75. The maximum absolute atomic E-state index is 5.68. The lowest BCUT2D eigenvalue weighted by Crippen LogP contribution is -1.88. The quantitative estimate of drug-likeness (QED) is 0.643. The molecule has 0 aliphatic carbocycles. The van der Waals surface area contributed by atoms with Gasteiger partial charge in [-0.1, -0.05) is 12.1 Å². The Kier molecular flexibility index (Phi) is 2.22. The third-order valence-corrected chi connectivity index (χ3v) is 2.71. The zero-order chi connectivity index (χ0) is 11.7. The lowest BCUT2D eigenvalue weighted by atomic mass is 10.1. The van der Waals surface area contributed by atoms with Crippen LogP contribution in [0, 0.1) is 0 Å². The number of anilines is 1. The normalized spacial score (nSPS) is 10.6. The summed E-state index contributed by atoms with van der Waals surface area (Å²) in [6.07, 6.45) is 3.57. The van der Waals surface area contributed by atoms with Crippen LogP contribution >= 0.6 is 0 Å². The average Bonchev–Trinajstić information content (AvgIpc) is 2.39. The molecule has 82 valence electrons. The Bertz CT molecular complexity index is 654. The molecule has 0 unspecified atom stereocenters. The molecule has 0 spiro atoms. The van der Waals surface area contributed by atoms with Crippen molar-refractivity contribution < 1.29 is 0 Å². The van der Waals surface area contributed by atoms with Gasteiger partial charge in [0.2, 0.25) is 0 Å². The lowest BCUT2D eigenvalue weighted by molar-refractivity contribution is 1.32. The van der Waals surface area contributed by atoms with Crippen molar-refractivity contribution in [3.05, 3.63) is 54.9 Å². The third-order valence-electron chi connectivity index (χ3n) is 2.71. The fourth-order valence-corrected chi connectivity index (χ4v) is 1.87. The Morgan fingerprint density at radius 1 is 0.824 bits per heavy atom. The molecule has 0 amide bonds. The van der Waals surface area contributed by atoms with E-state index in [1.54, 1.807) is 12.4 Å². The van der Waals surface area contributed by atoms with Crippen LogP contribution in [-0.2, 0) is 0 Å². The molecule has 0 saturated heterocycles. The predicted molar refractivity (Wildman–Crippen MR) is 69.4 cm³/mol. The van der Waals surface area contributed by atoms with Gasteiger partial charge in [0, 0.05) is 29.0 Å². The minimum atomic E-state index is 0.757. The van der Waals surface area contributed by atoms with Crippen LogP contribution < -0.4 is 5.73 Å². The Hall–Kier alpha value is -2.42. The molecule has 3 aromatic rings. The fourth-order valence-electron chi connectivity index (χ4n) is 1.87. The number of benzene rings is 1. The first-order chi connectivity index (χ1) is 8.34. The molecule has 0 atom stereocenters. The Balaban J connectivity index is 2.27. The van der Waals surface area contributed by atoms with Crippen LogP contribution in [0.2, 0.25) is 0 Å². The predicted octanol–water partition coefficient (Wildman–Crippen LogP) is 2.88. The van der Waals surface area contributed by atoms with Crippen LogP contribution in [0.5, 0.6) is 0 Å². The number of fused-ring (bicyclic) bond motifs is 1. The smallest absolute Gasteiger partial charge is 0.0795 e. The van der Waals surface area contributed by atoms with Crippen molar-refractivity contribution >= 4 is 16.6 Å². The molecule has 2 aromatic heterocycles. The van der Waals surface area contributed by atoms with Crippen molar-refractivity contribution in [1.82, 2.24) is 9.97 Å². The second-order valence-electron chi connectivity index (χ2n) is 3.85. The molecule has 0 bridgehead atoms. The molecule has 2 heterocycles. The molecule has 0 fully saturated rings. The number of hydrogen-bond donors (Lipinski definition) is 1. The maximum atomic E-state index is 5.68. The standard InChI is InChI=1S/C14H11N3/c15-11-5-3-10(4-6-11)14-12-2-1-8-16-13(12)7-9-17-14/h1-9H,15H2. The summed E-state index contributed by atoms with van der Waals surface area (Å²) in [5.41, 5.74) is 9.39. The third kappa shape index (κ3) is 1.72. The van der Waals surface area contributed by atoms with E-state index in [1.165, 1.54) is 0 Å². The van der Waals surface area contributed by atoms with Gasteiger partial charge in [-0.2, -0.15) is 0 Å². The molecule has 3 heteroatoms. The lowest BCUT2D eigenvalue weighted by Gasteiger charge is -2.05. The molecule has 0 aliphatic rings. The first-order valence-electron chi connectivity index (χ1n) is 5.40. The van der Waals surface area contributed by atoms with E-state index < -0.39 is 0 Å². The molecular formula is C14H11N3. The summed E-state index contributed by atoms with van der Waals surface area (Å²) in [6, 6.07) is 13.6. The topological polar surface area (TPSA) is 51.8 Å². The fraction of sp³-hybridized carbons (Fsp3) is 0. The highest BCUT2D eigenvalue weighted by Crippen LogP contribution is 2.25. The number of nitrogens with zero attached hydrogens (tertiary/aromatic N) is 2. The zero-order valence-corrected chi connectivity index (χ0v) is 9.17. The van der Waals surface area contributed by atoms with E-state index in [-0.39, 0.29) is 0 Å². The number of rotatable bonds is 1. The number of aromatic nitrogens is 2. The summed E-state index contributed by atoms with van der Waals surface area (Å²) in [6.45, 7) is 0. The molecule has 1 aromatic carbocycles. The highest BCUT2D eigenvalue weighted by molar-refractivity contribution is 5.92. The van der Waals surface area contributed by atoms with Crippen LogP contribution in [0.15, 0.2) is 54.9 Å². The molecule has 0 aliphatic heterocycles. The number of nitrogens with two attached hydrogens (primary N) is 1. The van der Waals surface area contributed by atoms with E-state index in [1.807, 2.05) is 42.5 Å². The van der Waals surface area contributed by atoms with Gasteiger partial charge in [-0.3, -0.25) is 9.97 Å². The largest absolute Gasteiger partial charge is 0.399 e. The summed E-state index contributed by atoms with van der Waals surface area (Å²) in [7, 11) is 0.